The molecule has 0 radical (unpaired) electrons. The van der Waals surface area contributed by atoms with E-state index in [4.69, 9.17) is 0 Å². The van der Waals surface area contributed by atoms with Gasteiger partial charge in [0.2, 0.25) is 0 Å². The van der Waals surface area contributed by atoms with Crippen LogP contribution >= 0.6 is 0 Å². The van der Waals surface area contributed by atoms with Crippen molar-refractivity contribution in [1.82, 2.24) is 0 Å². The first-order valence-electron chi connectivity index (χ1n) is 5.24. The molecule has 0 saturated carbocycles. The molecule has 0 aliphatic rings. The van der Waals surface area contributed by atoms with Crippen LogP contribution in [0.4, 0.5) is 4.39 Å². The Morgan fingerprint density at radius 3 is 2.60 bits per heavy atom. The van der Waals surface area contributed by atoms with E-state index in [1.54, 1.807) is 12.1 Å². The molecule has 15 heavy (non-hydrogen) atoms. The average molecular weight is 212 g/mol. The van der Waals surface area contributed by atoms with Crippen molar-refractivity contribution >= 4 is 0 Å². The van der Waals surface area contributed by atoms with Crippen molar-refractivity contribution in [1.29, 1.82) is 0 Å². The van der Waals surface area contributed by atoms with Crippen LogP contribution in [0.5, 0.6) is 0 Å². The van der Waals surface area contributed by atoms with E-state index in [-0.39, 0.29) is 5.82 Å². The number of hydrogen-bond acceptors (Lipinski definition) is 2. The highest BCUT2D eigenvalue weighted by atomic mass is 19.1. The number of rotatable bonds is 5. The topological polar surface area (TPSA) is 40.5 Å². The second-order valence-electron chi connectivity index (χ2n) is 3.76. The third kappa shape index (κ3) is 3.98. The molecule has 1 aromatic carbocycles. The number of halogens is 1. The van der Waals surface area contributed by atoms with Gasteiger partial charge in [-0.15, -0.1) is 0 Å². The predicted octanol–water partition coefficient (Wildman–Crippen LogP) is 1.89. The van der Waals surface area contributed by atoms with Crippen LogP contribution in [0.25, 0.3) is 0 Å². The van der Waals surface area contributed by atoms with Crippen LogP contribution in [-0.2, 0) is 6.42 Å². The van der Waals surface area contributed by atoms with E-state index in [0.717, 1.165) is 6.42 Å². The minimum absolute atomic E-state index is 0.291. The van der Waals surface area contributed by atoms with Gasteiger partial charge in [-0.2, -0.15) is 0 Å². The Labute approximate surface area is 89.4 Å². The Bertz CT molecular complexity index is 301. The van der Waals surface area contributed by atoms with Gasteiger partial charge < -0.3 is 10.2 Å². The Kier molecular flexibility index (Phi) is 4.72. The highest BCUT2D eigenvalue weighted by molar-refractivity contribution is 5.17. The van der Waals surface area contributed by atoms with E-state index >= 15 is 0 Å². The third-order valence-corrected chi connectivity index (χ3v) is 2.36. The van der Waals surface area contributed by atoms with Crippen LogP contribution in [0.3, 0.4) is 0 Å². The quantitative estimate of drug-likeness (QED) is 0.782. The van der Waals surface area contributed by atoms with Gasteiger partial charge in [-0.1, -0.05) is 25.5 Å². The van der Waals surface area contributed by atoms with Crippen molar-refractivity contribution in [3.8, 4) is 0 Å². The zero-order chi connectivity index (χ0) is 11.3. The van der Waals surface area contributed by atoms with Crippen molar-refractivity contribution in [2.75, 3.05) is 0 Å². The highest BCUT2D eigenvalue weighted by Crippen LogP contribution is 2.10. The summed E-state index contributed by atoms with van der Waals surface area (Å²) in [5.74, 6) is -0.315. The monoisotopic (exact) mass is 212 g/mol. The van der Waals surface area contributed by atoms with E-state index in [1.807, 2.05) is 6.92 Å². The molecule has 0 aromatic heterocycles. The summed E-state index contributed by atoms with van der Waals surface area (Å²) < 4.78 is 12.8. The van der Waals surface area contributed by atoms with Gasteiger partial charge in [0.25, 0.3) is 0 Å². The summed E-state index contributed by atoms with van der Waals surface area (Å²) in [6.45, 7) is 1.94. The summed E-state index contributed by atoms with van der Waals surface area (Å²) in [7, 11) is 0. The largest absolute Gasteiger partial charge is 0.390 e. The first kappa shape index (κ1) is 12.1. The maximum Gasteiger partial charge on any atom is 0.123 e. The van der Waals surface area contributed by atoms with Gasteiger partial charge in [-0.3, -0.25) is 0 Å². The molecule has 0 aliphatic carbocycles. The van der Waals surface area contributed by atoms with Gasteiger partial charge >= 0.3 is 0 Å². The predicted molar refractivity (Wildman–Crippen MR) is 57.0 cm³/mol. The Balaban J connectivity index is 2.54. The average Bonchev–Trinajstić information content (AvgIpc) is 2.18. The maximum absolute atomic E-state index is 12.8. The second-order valence-corrected chi connectivity index (χ2v) is 3.76. The van der Waals surface area contributed by atoms with Gasteiger partial charge in [-0.05, 0) is 24.1 Å². The van der Waals surface area contributed by atoms with E-state index in [1.165, 1.54) is 12.1 Å². The maximum atomic E-state index is 12.8. The Hall–Kier alpha value is -0.930. The summed E-state index contributed by atoms with van der Waals surface area (Å²) in [6, 6.07) is 6.08. The highest BCUT2D eigenvalue weighted by Gasteiger charge is 2.15. The van der Waals surface area contributed by atoms with E-state index in [9.17, 15) is 14.6 Å². The van der Waals surface area contributed by atoms with Gasteiger partial charge in [0.05, 0.1) is 12.2 Å². The number of aliphatic hydroxyl groups is 2. The Morgan fingerprint density at radius 1 is 1.27 bits per heavy atom. The number of aliphatic hydroxyl groups excluding tert-OH is 2. The molecule has 0 aliphatic heterocycles. The molecule has 3 heteroatoms. The molecule has 0 spiro atoms. The van der Waals surface area contributed by atoms with Crippen LogP contribution in [0, 0.1) is 5.82 Å². The smallest absolute Gasteiger partial charge is 0.123 e. The molecule has 0 heterocycles. The summed E-state index contributed by atoms with van der Waals surface area (Å²) >= 11 is 0. The van der Waals surface area contributed by atoms with E-state index < -0.39 is 12.2 Å². The van der Waals surface area contributed by atoms with E-state index in [0.29, 0.717) is 18.4 Å². The molecule has 2 nitrogen and oxygen atoms in total. The first-order valence-corrected chi connectivity index (χ1v) is 5.24. The lowest BCUT2D eigenvalue weighted by Crippen LogP contribution is -2.27. The van der Waals surface area contributed by atoms with E-state index in [2.05, 4.69) is 0 Å². The second kappa shape index (κ2) is 5.83. The fraction of sp³-hybridized carbons (Fsp3) is 0.500. The molecule has 0 bridgehead atoms. The minimum atomic E-state index is -0.813. The zero-order valence-electron chi connectivity index (χ0n) is 8.86. The first-order chi connectivity index (χ1) is 7.13. The van der Waals surface area contributed by atoms with Gasteiger partial charge in [0.1, 0.15) is 5.82 Å². The molecule has 0 saturated heterocycles. The summed E-state index contributed by atoms with van der Waals surface area (Å²) in [5.41, 5.74) is 0.706. The standard InChI is InChI=1S/C12H17FO2/c1-2-4-11(14)12(15)8-9-5-3-6-10(13)7-9/h3,5-7,11-12,14-15H,2,4,8H2,1H3. The van der Waals surface area contributed by atoms with Crippen LogP contribution in [0.2, 0.25) is 0 Å². The Morgan fingerprint density at radius 2 is 2.00 bits per heavy atom. The lowest BCUT2D eigenvalue weighted by atomic mass is 10.0. The fourth-order valence-corrected chi connectivity index (χ4v) is 1.53. The number of hydrogen-bond donors (Lipinski definition) is 2. The molecular formula is C12H17FO2. The third-order valence-electron chi connectivity index (χ3n) is 2.36. The van der Waals surface area contributed by atoms with Gasteiger partial charge in [0.15, 0.2) is 0 Å². The summed E-state index contributed by atoms with van der Waals surface area (Å²) in [6.07, 6.45) is 0.140. The van der Waals surface area contributed by atoms with Crippen LogP contribution in [0.15, 0.2) is 24.3 Å². The minimum Gasteiger partial charge on any atom is -0.390 e. The molecule has 84 valence electrons. The zero-order valence-corrected chi connectivity index (χ0v) is 8.86. The summed E-state index contributed by atoms with van der Waals surface area (Å²) in [4.78, 5) is 0. The van der Waals surface area contributed by atoms with Crippen molar-refractivity contribution < 1.29 is 14.6 Å². The number of benzene rings is 1. The van der Waals surface area contributed by atoms with Crippen LogP contribution in [0.1, 0.15) is 25.3 Å². The molecule has 0 fully saturated rings. The normalized spacial score (nSPS) is 14.9. The lowest BCUT2D eigenvalue weighted by molar-refractivity contribution is 0.0148. The molecule has 2 unspecified atom stereocenters. The van der Waals surface area contributed by atoms with Gasteiger partial charge in [-0.25, -0.2) is 4.39 Å². The molecular weight excluding hydrogens is 195 g/mol. The molecule has 1 rings (SSSR count). The SMILES string of the molecule is CCCC(O)C(O)Cc1cccc(F)c1. The lowest BCUT2D eigenvalue weighted by Gasteiger charge is -2.16. The van der Waals surface area contributed by atoms with Crippen LogP contribution in [-0.4, -0.2) is 22.4 Å². The van der Waals surface area contributed by atoms with Gasteiger partial charge in [0, 0.05) is 6.42 Å². The fourth-order valence-electron chi connectivity index (χ4n) is 1.53. The molecule has 0 amide bonds. The molecule has 1 aromatic rings. The van der Waals surface area contributed by atoms with Crippen molar-refractivity contribution in [2.45, 2.75) is 38.4 Å². The molecule has 2 atom stereocenters. The van der Waals surface area contributed by atoms with Crippen molar-refractivity contribution in [2.24, 2.45) is 0 Å². The molecule has 2 N–H and O–H groups in total. The van der Waals surface area contributed by atoms with Crippen molar-refractivity contribution in [3.63, 3.8) is 0 Å². The summed E-state index contributed by atoms with van der Waals surface area (Å²) in [5, 5.41) is 19.1. The van der Waals surface area contributed by atoms with Crippen LogP contribution < -0.4 is 0 Å². The van der Waals surface area contributed by atoms with Crippen molar-refractivity contribution in [3.05, 3.63) is 35.6 Å².